The van der Waals surface area contributed by atoms with E-state index in [0.29, 0.717) is 12.8 Å². The number of hydrogen-bond donors (Lipinski definition) is 1. The summed E-state index contributed by atoms with van der Waals surface area (Å²) in [6.45, 7) is 1.88. The summed E-state index contributed by atoms with van der Waals surface area (Å²) >= 11 is 0. The van der Waals surface area contributed by atoms with Gasteiger partial charge in [-0.15, -0.1) is 0 Å². The molecule has 6 nitrogen and oxygen atoms in total. The maximum absolute atomic E-state index is 12.2. The lowest BCUT2D eigenvalue weighted by Gasteiger charge is -2.24. The predicted octanol–water partition coefficient (Wildman–Crippen LogP) is 1.32. The molecule has 19 heavy (non-hydrogen) atoms. The number of carboxylic acids is 1. The number of aliphatic carboxylic acids is 1. The van der Waals surface area contributed by atoms with E-state index >= 15 is 0 Å². The van der Waals surface area contributed by atoms with Gasteiger partial charge in [-0.05, 0) is 18.6 Å². The third-order valence-electron chi connectivity index (χ3n) is 3.08. The fraction of sp³-hybridized carbons (Fsp3) is 0.385. The predicted molar refractivity (Wildman–Crippen MR) is 65.7 cm³/mol. The van der Waals surface area contributed by atoms with Gasteiger partial charge in [-0.25, -0.2) is 0 Å². The van der Waals surface area contributed by atoms with Crippen LogP contribution in [0.2, 0.25) is 0 Å². The summed E-state index contributed by atoms with van der Waals surface area (Å²) in [5.41, 5.74) is 0.359. The summed E-state index contributed by atoms with van der Waals surface area (Å²) in [6, 6.07) is 2.50. The first kappa shape index (κ1) is 13.2. The van der Waals surface area contributed by atoms with Gasteiger partial charge in [-0.1, -0.05) is 13.3 Å². The third-order valence-corrected chi connectivity index (χ3v) is 3.08. The molecule has 100 valence electrons. The number of pyridine rings is 1. The van der Waals surface area contributed by atoms with Gasteiger partial charge in [0.2, 0.25) is 0 Å². The molecule has 1 unspecified atom stereocenters. The van der Waals surface area contributed by atoms with Crippen LogP contribution in [-0.2, 0) is 4.79 Å². The van der Waals surface area contributed by atoms with Gasteiger partial charge < -0.3 is 5.11 Å². The summed E-state index contributed by atoms with van der Waals surface area (Å²) in [6.07, 6.45) is 2.37. The lowest BCUT2D eigenvalue weighted by atomic mass is 10.1. The standard InChI is InChI=1S/C13H14N2O4/c1-2-4-8(7-10(16)17)15-12(18)9-5-3-6-14-11(9)13(15)19/h3,5-6,8H,2,4,7H2,1H3,(H,16,17). The number of rotatable bonds is 5. The van der Waals surface area contributed by atoms with E-state index in [2.05, 4.69) is 4.98 Å². The monoisotopic (exact) mass is 262 g/mol. The van der Waals surface area contributed by atoms with Crippen LogP contribution in [-0.4, -0.2) is 38.8 Å². The van der Waals surface area contributed by atoms with E-state index in [1.807, 2.05) is 6.92 Å². The van der Waals surface area contributed by atoms with E-state index in [4.69, 9.17) is 5.11 Å². The summed E-state index contributed by atoms with van der Waals surface area (Å²) < 4.78 is 0. The van der Waals surface area contributed by atoms with Gasteiger partial charge in [-0.2, -0.15) is 0 Å². The van der Waals surface area contributed by atoms with E-state index in [0.717, 1.165) is 4.90 Å². The number of imide groups is 1. The maximum Gasteiger partial charge on any atom is 0.305 e. The van der Waals surface area contributed by atoms with Gasteiger partial charge in [-0.3, -0.25) is 24.3 Å². The molecule has 1 atom stereocenters. The Kier molecular flexibility index (Phi) is 3.59. The van der Waals surface area contributed by atoms with Crippen LogP contribution >= 0.6 is 0 Å². The third kappa shape index (κ3) is 2.33. The van der Waals surface area contributed by atoms with Crippen molar-refractivity contribution in [2.45, 2.75) is 32.2 Å². The highest BCUT2D eigenvalue weighted by atomic mass is 16.4. The zero-order chi connectivity index (χ0) is 14.0. The number of nitrogens with zero attached hydrogens (tertiary/aromatic N) is 2. The fourth-order valence-electron chi connectivity index (χ4n) is 2.27. The molecule has 0 saturated heterocycles. The van der Waals surface area contributed by atoms with E-state index in [1.165, 1.54) is 12.3 Å². The molecule has 0 fully saturated rings. The normalized spacial score (nSPS) is 15.5. The summed E-state index contributed by atoms with van der Waals surface area (Å²) in [4.78, 5) is 40.1. The van der Waals surface area contributed by atoms with Crippen molar-refractivity contribution in [2.75, 3.05) is 0 Å². The van der Waals surface area contributed by atoms with Crippen molar-refractivity contribution < 1.29 is 19.5 Å². The largest absolute Gasteiger partial charge is 0.481 e. The van der Waals surface area contributed by atoms with Gasteiger partial charge in [0.1, 0.15) is 5.69 Å². The molecule has 2 amide bonds. The average Bonchev–Trinajstić information content (AvgIpc) is 2.62. The zero-order valence-corrected chi connectivity index (χ0v) is 10.5. The van der Waals surface area contributed by atoms with Gasteiger partial charge in [0, 0.05) is 6.20 Å². The first-order chi connectivity index (χ1) is 9.06. The number of hydrogen-bond acceptors (Lipinski definition) is 4. The van der Waals surface area contributed by atoms with E-state index in [1.54, 1.807) is 6.07 Å². The Morgan fingerprint density at radius 2 is 2.16 bits per heavy atom. The first-order valence-corrected chi connectivity index (χ1v) is 6.11. The molecule has 2 heterocycles. The second-order valence-corrected chi connectivity index (χ2v) is 4.42. The van der Waals surface area contributed by atoms with Gasteiger partial charge in [0.15, 0.2) is 0 Å². The Hall–Kier alpha value is -2.24. The van der Waals surface area contributed by atoms with Crippen LogP contribution in [0.5, 0.6) is 0 Å². The zero-order valence-electron chi connectivity index (χ0n) is 10.5. The summed E-state index contributed by atoms with van der Waals surface area (Å²) in [7, 11) is 0. The number of amides is 2. The Morgan fingerprint density at radius 1 is 1.42 bits per heavy atom. The number of carbonyl (C=O) groups excluding carboxylic acids is 2. The van der Waals surface area contributed by atoms with Crippen LogP contribution in [0.25, 0.3) is 0 Å². The van der Waals surface area contributed by atoms with Crippen LogP contribution in [0, 0.1) is 0 Å². The van der Waals surface area contributed by atoms with Crippen molar-refractivity contribution in [2.24, 2.45) is 0 Å². The molecule has 2 rings (SSSR count). The molecule has 0 radical (unpaired) electrons. The lowest BCUT2D eigenvalue weighted by Crippen LogP contribution is -2.41. The van der Waals surface area contributed by atoms with Crippen molar-refractivity contribution in [1.82, 2.24) is 9.88 Å². The Morgan fingerprint density at radius 3 is 2.74 bits per heavy atom. The average molecular weight is 262 g/mol. The highest BCUT2D eigenvalue weighted by Gasteiger charge is 2.41. The molecule has 1 aromatic rings. The van der Waals surface area contributed by atoms with Crippen molar-refractivity contribution in [3.63, 3.8) is 0 Å². The van der Waals surface area contributed by atoms with Crippen LogP contribution in [0.1, 0.15) is 47.0 Å². The summed E-state index contributed by atoms with van der Waals surface area (Å²) in [5.74, 6) is -1.98. The first-order valence-electron chi connectivity index (χ1n) is 6.11. The molecule has 1 aliphatic heterocycles. The minimum absolute atomic E-state index is 0.110. The Labute approximate surface area is 110 Å². The molecule has 6 heteroatoms. The van der Waals surface area contributed by atoms with Crippen molar-refractivity contribution in [3.05, 3.63) is 29.6 Å². The number of aromatic nitrogens is 1. The molecule has 0 aliphatic carbocycles. The number of fused-ring (bicyclic) bond motifs is 1. The van der Waals surface area contributed by atoms with Gasteiger partial charge in [0.25, 0.3) is 11.8 Å². The maximum atomic E-state index is 12.2. The molecule has 1 N–H and O–H groups in total. The lowest BCUT2D eigenvalue weighted by molar-refractivity contribution is -0.138. The molecular weight excluding hydrogens is 248 g/mol. The second-order valence-electron chi connectivity index (χ2n) is 4.42. The Bertz CT molecular complexity index is 506. The Balaban J connectivity index is 2.33. The molecule has 1 aromatic heterocycles. The summed E-state index contributed by atoms with van der Waals surface area (Å²) in [5, 5.41) is 8.90. The fourth-order valence-corrected chi connectivity index (χ4v) is 2.27. The van der Waals surface area contributed by atoms with Crippen LogP contribution in [0.3, 0.4) is 0 Å². The van der Waals surface area contributed by atoms with E-state index in [-0.39, 0.29) is 17.7 Å². The smallest absolute Gasteiger partial charge is 0.305 e. The van der Waals surface area contributed by atoms with E-state index in [9.17, 15) is 14.4 Å². The number of carboxylic acid groups (broad SMARTS) is 1. The molecule has 0 spiro atoms. The molecule has 1 aliphatic rings. The topological polar surface area (TPSA) is 87.6 Å². The minimum Gasteiger partial charge on any atom is -0.481 e. The van der Waals surface area contributed by atoms with Crippen LogP contribution in [0.15, 0.2) is 18.3 Å². The van der Waals surface area contributed by atoms with Gasteiger partial charge in [0.05, 0.1) is 18.0 Å². The van der Waals surface area contributed by atoms with Crippen LogP contribution in [0.4, 0.5) is 0 Å². The van der Waals surface area contributed by atoms with Gasteiger partial charge >= 0.3 is 5.97 Å². The number of carbonyl (C=O) groups is 3. The highest BCUT2D eigenvalue weighted by molar-refractivity contribution is 6.20. The van der Waals surface area contributed by atoms with E-state index < -0.39 is 23.8 Å². The molecule has 0 bridgehead atoms. The van der Waals surface area contributed by atoms with Crippen molar-refractivity contribution >= 4 is 17.8 Å². The molecule has 0 aromatic carbocycles. The molecular formula is C13H14N2O4. The van der Waals surface area contributed by atoms with Crippen molar-refractivity contribution in [1.29, 1.82) is 0 Å². The SMILES string of the molecule is CCCC(CC(=O)O)N1C(=O)c2cccnc2C1=O. The second kappa shape index (κ2) is 5.17. The minimum atomic E-state index is -1.03. The van der Waals surface area contributed by atoms with Crippen molar-refractivity contribution in [3.8, 4) is 0 Å². The molecule has 0 saturated carbocycles. The highest BCUT2D eigenvalue weighted by Crippen LogP contribution is 2.25. The van der Waals surface area contributed by atoms with Crippen LogP contribution < -0.4 is 0 Å². The quantitative estimate of drug-likeness (QED) is 0.808.